The summed E-state index contributed by atoms with van der Waals surface area (Å²) in [4.78, 5) is 39.4. The van der Waals surface area contributed by atoms with Crippen LogP contribution in [0.3, 0.4) is 0 Å². The number of carbonyl (C=O) groups excluding carboxylic acids is 2. The Morgan fingerprint density at radius 1 is 1.14 bits per heavy atom. The third-order valence-corrected chi connectivity index (χ3v) is 5.27. The number of hydrogen-bond acceptors (Lipinski definition) is 5. The van der Waals surface area contributed by atoms with Crippen LogP contribution in [-0.2, 0) is 4.79 Å². The highest BCUT2D eigenvalue weighted by molar-refractivity contribution is 6.03. The second-order valence-electron chi connectivity index (χ2n) is 6.95. The summed E-state index contributed by atoms with van der Waals surface area (Å²) >= 11 is 0. The predicted octanol–water partition coefficient (Wildman–Crippen LogP) is 2.81. The van der Waals surface area contributed by atoms with Crippen LogP contribution in [0.2, 0.25) is 0 Å². The van der Waals surface area contributed by atoms with Gasteiger partial charge in [0, 0.05) is 24.2 Å². The van der Waals surface area contributed by atoms with E-state index in [9.17, 15) is 14.4 Å². The molecule has 0 radical (unpaired) electrons. The first-order chi connectivity index (χ1) is 13.9. The van der Waals surface area contributed by atoms with Gasteiger partial charge in [-0.2, -0.15) is 0 Å². The molecule has 1 atom stereocenters. The number of rotatable bonds is 4. The Balaban J connectivity index is 1.71. The summed E-state index contributed by atoms with van der Waals surface area (Å²) in [5.74, 6) is 0.798. The van der Waals surface area contributed by atoms with Crippen LogP contribution in [0.15, 0.2) is 53.5 Å². The van der Waals surface area contributed by atoms with Crippen molar-refractivity contribution < 1.29 is 19.1 Å². The van der Waals surface area contributed by atoms with Gasteiger partial charge in [0.2, 0.25) is 0 Å². The van der Waals surface area contributed by atoms with E-state index in [1.165, 1.54) is 9.47 Å². The number of hydrogen-bond donors (Lipinski definition) is 0. The molecule has 0 saturated carbocycles. The number of pyridine rings is 1. The summed E-state index contributed by atoms with van der Waals surface area (Å²) in [6.07, 6.45) is 1.61. The molecule has 1 unspecified atom stereocenters. The summed E-state index contributed by atoms with van der Waals surface area (Å²) in [6.45, 7) is 1.66. The van der Waals surface area contributed by atoms with Gasteiger partial charge in [0.15, 0.2) is 12.4 Å². The number of ether oxygens (including phenoxy) is 2. The second-order valence-corrected chi connectivity index (χ2v) is 6.95. The molecule has 0 spiro atoms. The lowest BCUT2D eigenvalue weighted by Crippen LogP contribution is -2.35. The van der Waals surface area contributed by atoms with E-state index in [2.05, 4.69) is 0 Å². The number of Topliss-reactive ketones (excluding diaryl/α,β-unsaturated/α-hetero) is 1. The fraction of sp³-hybridized carbons (Fsp3) is 0.227. The standard InChI is InChI=1S/C22H20N2O5/c1-13(24-9-8-14-10-16(28-3)5-6-17(14)22(24)27)21(26)15-4-7-19-18(11-15)23(2)20(25)12-29-19/h4-11,13H,12H2,1-3H3. The molecule has 0 saturated heterocycles. The molecule has 3 aromatic rings. The quantitative estimate of drug-likeness (QED) is 0.638. The van der Waals surface area contributed by atoms with E-state index in [0.29, 0.717) is 28.1 Å². The van der Waals surface area contributed by atoms with E-state index < -0.39 is 6.04 Å². The number of carbonyl (C=O) groups is 2. The molecule has 0 aliphatic carbocycles. The maximum absolute atomic E-state index is 13.1. The van der Waals surface area contributed by atoms with E-state index in [4.69, 9.17) is 9.47 Å². The van der Waals surface area contributed by atoms with Gasteiger partial charge in [-0.05, 0) is 54.8 Å². The van der Waals surface area contributed by atoms with Crippen LogP contribution in [0, 0.1) is 0 Å². The lowest BCUT2D eigenvalue weighted by atomic mass is 10.0. The Labute approximate surface area is 167 Å². The van der Waals surface area contributed by atoms with Gasteiger partial charge in [-0.15, -0.1) is 0 Å². The first-order valence-electron chi connectivity index (χ1n) is 9.17. The molecule has 29 heavy (non-hydrogen) atoms. The fourth-order valence-electron chi connectivity index (χ4n) is 3.47. The third-order valence-electron chi connectivity index (χ3n) is 5.27. The van der Waals surface area contributed by atoms with Crippen molar-refractivity contribution in [1.82, 2.24) is 4.57 Å². The van der Waals surface area contributed by atoms with Gasteiger partial charge < -0.3 is 18.9 Å². The number of aromatic nitrogens is 1. The van der Waals surface area contributed by atoms with Crippen molar-refractivity contribution in [2.24, 2.45) is 0 Å². The molecule has 1 aromatic heterocycles. The molecule has 2 heterocycles. The average Bonchev–Trinajstić information content (AvgIpc) is 2.75. The SMILES string of the molecule is COc1ccc2c(=O)n(C(C)C(=O)c3ccc4c(c3)N(C)C(=O)CO4)ccc2c1. The minimum absolute atomic E-state index is 0.0233. The second kappa shape index (κ2) is 7.09. The third kappa shape index (κ3) is 3.14. The molecule has 1 aliphatic heterocycles. The van der Waals surface area contributed by atoms with Gasteiger partial charge >= 0.3 is 0 Å². The van der Waals surface area contributed by atoms with Crippen molar-refractivity contribution in [3.8, 4) is 11.5 Å². The van der Waals surface area contributed by atoms with Crippen LogP contribution in [0.5, 0.6) is 11.5 Å². The van der Waals surface area contributed by atoms with Gasteiger partial charge in [-0.25, -0.2) is 0 Å². The average molecular weight is 392 g/mol. The molecule has 1 aliphatic rings. The Hall–Kier alpha value is -3.61. The van der Waals surface area contributed by atoms with E-state index >= 15 is 0 Å². The maximum Gasteiger partial charge on any atom is 0.264 e. The molecule has 0 N–H and O–H groups in total. The Kier molecular flexibility index (Phi) is 4.58. The summed E-state index contributed by atoms with van der Waals surface area (Å²) < 4.78 is 12.0. The lowest BCUT2D eigenvalue weighted by molar-refractivity contribution is -0.120. The minimum Gasteiger partial charge on any atom is -0.497 e. The molecule has 7 heteroatoms. The van der Waals surface area contributed by atoms with Crippen LogP contribution in [-0.4, -0.2) is 37.0 Å². The zero-order valence-electron chi connectivity index (χ0n) is 16.3. The molecule has 4 rings (SSSR count). The van der Waals surface area contributed by atoms with Crippen LogP contribution in [0.4, 0.5) is 5.69 Å². The lowest BCUT2D eigenvalue weighted by Gasteiger charge is -2.26. The molecular formula is C22H20N2O5. The molecule has 0 bridgehead atoms. The van der Waals surface area contributed by atoms with Crippen molar-refractivity contribution in [2.75, 3.05) is 25.7 Å². The molecular weight excluding hydrogens is 372 g/mol. The highest BCUT2D eigenvalue weighted by Gasteiger charge is 2.25. The highest BCUT2D eigenvalue weighted by atomic mass is 16.5. The van der Waals surface area contributed by atoms with Gasteiger partial charge in [0.25, 0.3) is 11.5 Å². The van der Waals surface area contributed by atoms with Crippen molar-refractivity contribution in [2.45, 2.75) is 13.0 Å². The number of likely N-dealkylation sites (N-methyl/N-ethyl adjacent to an activating group) is 1. The van der Waals surface area contributed by atoms with Crippen molar-refractivity contribution in [1.29, 1.82) is 0 Å². The molecule has 148 valence electrons. The van der Waals surface area contributed by atoms with E-state index in [0.717, 1.165) is 5.39 Å². The van der Waals surface area contributed by atoms with Crippen LogP contribution < -0.4 is 19.9 Å². The first-order valence-corrected chi connectivity index (χ1v) is 9.17. The smallest absolute Gasteiger partial charge is 0.264 e. The largest absolute Gasteiger partial charge is 0.497 e. The number of benzene rings is 2. The van der Waals surface area contributed by atoms with Crippen LogP contribution >= 0.6 is 0 Å². The Morgan fingerprint density at radius 3 is 2.69 bits per heavy atom. The maximum atomic E-state index is 13.1. The highest BCUT2D eigenvalue weighted by Crippen LogP contribution is 2.33. The van der Waals surface area contributed by atoms with Crippen LogP contribution in [0.1, 0.15) is 23.3 Å². The molecule has 7 nitrogen and oxygen atoms in total. The zero-order chi connectivity index (χ0) is 20.7. The summed E-state index contributed by atoms with van der Waals surface area (Å²) in [5, 5.41) is 1.26. The Bertz CT molecular complexity index is 1200. The molecule has 0 fully saturated rings. The number of methoxy groups -OCH3 is 1. The Morgan fingerprint density at radius 2 is 1.93 bits per heavy atom. The summed E-state index contributed by atoms with van der Waals surface area (Å²) in [5.41, 5.74) is 0.694. The fourth-order valence-corrected chi connectivity index (χ4v) is 3.47. The normalized spacial score (nSPS) is 14.3. The van der Waals surface area contributed by atoms with E-state index in [-0.39, 0.29) is 23.9 Å². The van der Waals surface area contributed by atoms with E-state index in [1.807, 2.05) is 0 Å². The van der Waals surface area contributed by atoms with Crippen molar-refractivity contribution >= 4 is 28.2 Å². The topological polar surface area (TPSA) is 77.8 Å². The van der Waals surface area contributed by atoms with Crippen LogP contribution in [0.25, 0.3) is 10.8 Å². The van der Waals surface area contributed by atoms with Gasteiger partial charge in [-0.3, -0.25) is 14.4 Å². The first kappa shape index (κ1) is 18.7. The predicted molar refractivity (Wildman–Crippen MR) is 109 cm³/mol. The van der Waals surface area contributed by atoms with E-state index in [1.54, 1.807) is 69.7 Å². The number of anilines is 1. The van der Waals surface area contributed by atoms with Gasteiger partial charge in [-0.1, -0.05) is 0 Å². The molecule has 2 aromatic carbocycles. The zero-order valence-corrected chi connectivity index (χ0v) is 16.3. The summed E-state index contributed by atoms with van der Waals surface area (Å²) in [7, 11) is 3.21. The van der Waals surface area contributed by atoms with Gasteiger partial charge in [0.05, 0.1) is 18.8 Å². The van der Waals surface area contributed by atoms with Crippen molar-refractivity contribution in [3.63, 3.8) is 0 Å². The monoisotopic (exact) mass is 392 g/mol. The van der Waals surface area contributed by atoms with Gasteiger partial charge in [0.1, 0.15) is 11.5 Å². The number of ketones is 1. The number of nitrogens with zero attached hydrogens (tertiary/aromatic N) is 2. The summed E-state index contributed by atoms with van der Waals surface area (Å²) in [6, 6.07) is 11.2. The molecule has 1 amide bonds. The van der Waals surface area contributed by atoms with Crippen molar-refractivity contribution in [3.05, 3.63) is 64.6 Å². The number of amides is 1. The minimum atomic E-state index is -0.711. The number of fused-ring (bicyclic) bond motifs is 2.